The number of nitrogens with zero attached hydrogens (tertiary/aromatic N) is 3. The van der Waals surface area contributed by atoms with Crippen molar-refractivity contribution >= 4 is 11.6 Å². The van der Waals surface area contributed by atoms with Gasteiger partial charge in [-0.1, -0.05) is 24.3 Å². The predicted octanol–water partition coefficient (Wildman–Crippen LogP) is 7.29. The molecule has 5 rings (SSSR count). The van der Waals surface area contributed by atoms with Gasteiger partial charge in [-0.2, -0.15) is 18.3 Å². The molecule has 3 aromatic rings. The van der Waals surface area contributed by atoms with Crippen LogP contribution in [0.5, 0.6) is 5.75 Å². The van der Waals surface area contributed by atoms with Crippen molar-refractivity contribution in [2.24, 2.45) is 11.8 Å². The molecular weight excluding hydrogens is 543 g/mol. The predicted molar refractivity (Wildman–Crippen MR) is 156 cm³/mol. The van der Waals surface area contributed by atoms with E-state index in [2.05, 4.69) is 24.2 Å². The quantitative estimate of drug-likeness (QED) is 0.303. The highest BCUT2D eigenvalue weighted by atomic mass is 19.4. The Balaban J connectivity index is 1.33. The van der Waals surface area contributed by atoms with Crippen molar-refractivity contribution < 1.29 is 27.8 Å². The van der Waals surface area contributed by atoms with Crippen LogP contribution in [-0.4, -0.2) is 46.7 Å². The van der Waals surface area contributed by atoms with Crippen molar-refractivity contribution in [2.45, 2.75) is 83.0 Å². The van der Waals surface area contributed by atoms with E-state index in [-0.39, 0.29) is 17.9 Å². The van der Waals surface area contributed by atoms with Gasteiger partial charge in [-0.15, -0.1) is 0 Å². The summed E-state index contributed by atoms with van der Waals surface area (Å²) in [4.78, 5) is 15.9. The van der Waals surface area contributed by atoms with E-state index in [0.717, 1.165) is 52.9 Å². The Hall–Kier alpha value is -3.33. The van der Waals surface area contributed by atoms with E-state index in [1.165, 1.54) is 18.0 Å². The number of methoxy groups -OCH3 is 1. The summed E-state index contributed by atoms with van der Waals surface area (Å²) in [5.74, 6) is 1.64. The number of amides is 1. The lowest BCUT2D eigenvalue weighted by molar-refractivity contribution is -0.142. The molecular formula is C33H40F3N3O3. The lowest BCUT2D eigenvalue weighted by atomic mass is 9.78. The molecule has 0 aliphatic heterocycles. The van der Waals surface area contributed by atoms with E-state index in [9.17, 15) is 23.1 Å². The average Bonchev–Trinajstić information content (AvgIpc) is 3.43. The topological polar surface area (TPSA) is 67.6 Å². The van der Waals surface area contributed by atoms with Gasteiger partial charge in [0.2, 0.25) is 5.91 Å². The number of aliphatic hydroxyl groups is 1. The van der Waals surface area contributed by atoms with Gasteiger partial charge >= 0.3 is 6.18 Å². The van der Waals surface area contributed by atoms with Gasteiger partial charge in [0, 0.05) is 29.9 Å². The normalized spacial score (nSPS) is 23.0. The van der Waals surface area contributed by atoms with Gasteiger partial charge in [0.1, 0.15) is 12.3 Å². The van der Waals surface area contributed by atoms with E-state index in [4.69, 9.17) is 4.74 Å². The first-order valence-corrected chi connectivity index (χ1v) is 14.9. The van der Waals surface area contributed by atoms with Gasteiger partial charge in [-0.05, 0) is 105 Å². The molecule has 2 aliphatic carbocycles. The molecule has 0 unspecified atom stereocenters. The zero-order chi connectivity index (χ0) is 29.9. The molecule has 1 amide bonds. The Morgan fingerprint density at radius 2 is 1.76 bits per heavy atom. The summed E-state index contributed by atoms with van der Waals surface area (Å²) in [5, 5.41) is 13.9. The van der Waals surface area contributed by atoms with Gasteiger partial charge in [-0.25, -0.2) is 0 Å². The maximum atomic E-state index is 14.0. The second-order valence-electron chi connectivity index (χ2n) is 12.0. The molecule has 0 atom stereocenters. The molecule has 6 nitrogen and oxygen atoms in total. The van der Waals surface area contributed by atoms with E-state index < -0.39 is 12.7 Å². The Morgan fingerprint density at radius 3 is 2.43 bits per heavy atom. The van der Waals surface area contributed by atoms with Crippen LogP contribution in [0, 0.1) is 18.8 Å². The molecule has 1 N–H and O–H groups in total. The van der Waals surface area contributed by atoms with Crippen LogP contribution >= 0.6 is 0 Å². The molecule has 0 spiro atoms. The fraction of sp³-hybridized carbons (Fsp3) is 0.515. The summed E-state index contributed by atoms with van der Waals surface area (Å²) < 4.78 is 45.0. The number of carbonyl (C=O) groups is 1. The van der Waals surface area contributed by atoms with Crippen molar-refractivity contribution in [3.8, 4) is 16.9 Å². The number of carbonyl (C=O) groups excluding carboxylic acids is 1. The molecule has 2 saturated carbocycles. The monoisotopic (exact) mass is 583 g/mol. The maximum absolute atomic E-state index is 14.0. The second kappa shape index (κ2) is 12.9. The van der Waals surface area contributed by atoms with E-state index in [0.29, 0.717) is 49.6 Å². The number of hydrogen-bond donors (Lipinski definition) is 1. The summed E-state index contributed by atoms with van der Waals surface area (Å²) >= 11 is 0. The van der Waals surface area contributed by atoms with Crippen molar-refractivity contribution in [3.63, 3.8) is 0 Å². The molecule has 0 bridgehead atoms. The molecule has 0 saturated heterocycles. The third-order valence-electron chi connectivity index (χ3n) is 8.96. The molecule has 1 aromatic heterocycles. The Labute approximate surface area is 245 Å². The molecule has 2 aliphatic rings. The smallest absolute Gasteiger partial charge is 0.408 e. The van der Waals surface area contributed by atoms with E-state index >= 15 is 0 Å². The van der Waals surface area contributed by atoms with Crippen LogP contribution in [0.25, 0.3) is 11.1 Å². The minimum absolute atomic E-state index is 0.0692. The number of hydrogen-bond acceptors (Lipinski definition) is 4. The number of aromatic nitrogens is 2. The number of anilines is 1. The number of aliphatic hydroxyl groups excluding tert-OH is 1. The summed E-state index contributed by atoms with van der Waals surface area (Å²) in [6, 6.07) is 13.9. The number of ether oxygens (including phenoxy) is 1. The summed E-state index contributed by atoms with van der Waals surface area (Å²) in [7, 11) is 1.69. The van der Waals surface area contributed by atoms with Gasteiger partial charge in [0.15, 0.2) is 0 Å². The Bertz CT molecular complexity index is 1360. The number of alkyl halides is 3. The van der Waals surface area contributed by atoms with Crippen LogP contribution in [0.15, 0.2) is 54.9 Å². The number of rotatable bonds is 8. The minimum atomic E-state index is -4.35. The molecule has 2 aromatic carbocycles. The number of halogens is 3. The molecule has 1 heterocycles. The van der Waals surface area contributed by atoms with Crippen LogP contribution in [0.4, 0.5) is 18.9 Å². The first-order valence-electron chi connectivity index (χ1n) is 14.9. The Morgan fingerprint density at radius 1 is 1.02 bits per heavy atom. The highest BCUT2D eigenvalue weighted by Gasteiger charge is 2.33. The summed E-state index contributed by atoms with van der Waals surface area (Å²) in [6.45, 7) is 1.52. The zero-order valence-electron chi connectivity index (χ0n) is 24.3. The molecule has 42 heavy (non-hydrogen) atoms. The van der Waals surface area contributed by atoms with Crippen molar-refractivity contribution in [1.82, 2.24) is 9.78 Å². The fourth-order valence-corrected chi connectivity index (χ4v) is 6.59. The van der Waals surface area contributed by atoms with Crippen molar-refractivity contribution in [3.05, 3.63) is 66.0 Å². The van der Waals surface area contributed by atoms with Crippen LogP contribution in [0.3, 0.4) is 0 Å². The molecule has 226 valence electrons. The first-order chi connectivity index (χ1) is 20.1. The lowest BCUT2D eigenvalue weighted by Crippen LogP contribution is -2.41. The Kier molecular flexibility index (Phi) is 9.25. The van der Waals surface area contributed by atoms with E-state index in [1.54, 1.807) is 7.11 Å². The number of aryl methyl sites for hydroxylation is 1. The van der Waals surface area contributed by atoms with Gasteiger partial charge in [0.25, 0.3) is 0 Å². The van der Waals surface area contributed by atoms with Crippen LogP contribution in [0.1, 0.15) is 68.4 Å². The van der Waals surface area contributed by atoms with Crippen LogP contribution < -0.4 is 9.64 Å². The number of benzene rings is 2. The van der Waals surface area contributed by atoms with E-state index in [1.807, 2.05) is 35.2 Å². The standard InChI is InChI=1S/C33H40F3N3O3/c1-22-16-27(12-15-31(22)42-2)24-8-6-23(7-9-24)19-39(32(41)25-10-13-30(40)14-11-25)29-5-3-4-26(17-29)28-18-37-38(20-28)21-33(34,35)36/h3-5,12,15-18,20,23-25,30,40H,6-11,13-14,19,21H2,1-2H3. The SMILES string of the molecule is COc1ccc(C2CCC(CN(C(=O)C3CCC(O)CC3)c3cccc(-c4cnn(CC(F)(F)F)c4)c3)CC2)cc1C. The van der Waals surface area contributed by atoms with Gasteiger partial charge < -0.3 is 14.7 Å². The lowest BCUT2D eigenvalue weighted by Gasteiger charge is -2.36. The summed E-state index contributed by atoms with van der Waals surface area (Å²) in [5.41, 5.74) is 4.51. The van der Waals surface area contributed by atoms with Crippen molar-refractivity contribution in [2.75, 3.05) is 18.6 Å². The maximum Gasteiger partial charge on any atom is 0.408 e. The molecule has 9 heteroatoms. The van der Waals surface area contributed by atoms with Crippen LogP contribution in [-0.2, 0) is 11.3 Å². The average molecular weight is 584 g/mol. The largest absolute Gasteiger partial charge is 0.496 e. The third kappa shape index (κ3) is 7.35. The third-order valence-corrected chi connectivity index (χ3v) is 8.96. The van der Waals surface area contributed by atoms with Gasteiger partial charge in [0.05, 0.1) is 19.4 Å². The molecule has 2 fully saturated rings. The highest BCUT2D eigenvalue weighted by molar-refractivity contribution is 5.95. The molecule has 0 radical (unpaired) electrons. The fourth-order valence-electron chi connectivity index (χ4n) is 6.59. The summed E-state index contributed by atoms with van der Waals surface area (Å²) in [6.07, 6.45) is 4.78. The minimum Gasteiger partial charge on any atom is -0.496 e. The zero-order valence-corrected chi connectivity index (χ0v) is 24.3. The first kappa shape index (κ1) is 30.1. The second-order valence-corrected chi connectivity index (χ2v) is 12.0. The van der Waals surface area contributed by atoms with Crippen LogP contribution in [0.2, 0.25) is 0 Å². The van der Waals surface area contributed by atoms with Crippen molar-refractivity contribution in [1.29, 1.82) is 0 Å². The van der Waals surface area contributed by atoms with Gasteiger partial charge in [-0.3, -0.25) is 9.48 Å². The highest BCUT2D eigenvalue weighted by Crippen LogP contribution is 2.39.